The Bertz CT molecular complexity index is 657. The highest BCUT2D eigenvalue weighted by Gasteiger charge is 2.37. The number of carboxylic acids is 1. The lowest BCUT2D eigenvalue weighted by Gasteiger charge is -2.37. The van der Waals surface area contributed by atoms with Crippen LogP contribution >= 0.6 is 0 Å². The Hall–Kier alpha value is -1.74. The van der Waals surface area contributed by atoms with E-state index in [0.29, 0.717) is 38.0 Å². The van der Waals surface area contributed by atoms with Crippen LogP contribution < -0.4 is 0 Å². The van der Waals surface area contributed by atoms with E-state index in [0.717, 1.165) is 32.1 Å². The summed E-state index contributed by atoms with van der Waals surface area (Å²) in [6.45, 7) is 6.05. The molecule has 4 N–H and O–H groups in total. The van der Waals surface area contributed by atoms with Crippen molar-refractivity contribution in [3.63, 3.8) is 0 Å². The number of hydrogen-bond donors (Lipinski definition) is 4. The molecule has 0 aromatic heterocycles. The van der Waals surface area contributed by atoms with Gasteiger partial charge in [0.2, 0.25) is 0 Å². The lowest BCUT2D eigenvalue weighted by molar-refractivity contribution is -0.162. The van der Waals surface area contributed by atoms with Crippen molar-refractivity contribution in [1.82, 2.24) is 0 Å². The number of ether oxygens (including phenoxy) is 2. The number of aliphatic carboxylic acids is 1. The fourth-order valence-corrected chi connectivity index (χ4v) is 3.84. The molecule has 34 heavy (non-hydrogen) atoms. The van der Waals surface area contributed by atoms with Crippen molar-refractivity contribution in [3.8, 4) is 0 Å². The second-order valence-corrected chi connectivity index (χ2v) is 9.50. The summed E-state index contributed by atoms with van der Waals surface area (Å²) in [7, 11) is 0. The number of hydrogen-bond acceptors (Lipinski definition) is 7. The minimum atomic E-state index is -1.05. The van der Waals surface area contributed by atoms with Crippen LogP contribution in [0, 0.1) is 11.8 Å². The van der Waals surface area contributed by atoms with Crippen LogP contribution in [-0.2, 0) is 19.1 Å². The maximum Gasteiger partial charge on any atom is 0.330 e. The topological polar surface area (TPSA) is 134 Å². The second kappa shape index (κ2) is 16.8. The van der Waals surface area contributed by atoms with Crippen LogP contribution in [0.1, 0.15) is 78.6 Å². The van der Waals surface area contributed by atoms with E-state index in [1.165, 1.54) is 6.08 Å². The van der Waals surface area contributed by atoms with Gasteiger partial charge in [-0.15, -0.1) is 0 Å². The van der Waals surface area contributed by atoms with Gasteiger partial charge in [0.1, 0.15) is 6.10 Å². The van der Waals surface area contributed by atoms with E-state index in [9.17, 15) is 24.9 Å². The van der Waals surface area contributed by atoms with Gasteiger partial charge in [-0.3, -0.25) is 4.79 Å². The molecule has 1 aliphatic rings. The second-order valence-electron chi connectivity index (χ2n) is 9.50. The number of aliphatic hydroxyl groups is 3. The third kappa shape index (κ3) is 12.6. The molecule has 6 atom stereocenters. The smallest absolute Gasteiger partial charge is 0.330 e. The molecule has 8 nitrogen and oxygen atoms in total. The van der Waals surface area contributed by atoms with Crippen molar-refractivity contribution in [1.29, 1.82) is 0 Å². The molecule has 1 unspecified atom stereocenters. The average molecular weight is 485 g/mol. The van der Waals surface area contributed by atoms with Crippen LogP contribution in [0.4, 0.5) is 0 Å². The van der Waals surface area contributed by atoms with Crippen LogP contribution in [0.2, 0.25) is 0 Å². The standard InChI is InChI=1S/C26H44O8/c1-18(16-24(30)33-14-9-7-5-4-6-8-13-23(28)29)15-22-26(32)25(31)21(17-34-22)12-10-11-19(2)20(3)27/h10-11,16,19-22,25-27,31-32H,4-9,12-15,17H2,1-3H3,(H,28,29)/b11-10-,18-16+/t19?,20-,21+,22+,25+,26-/m0/s1. The van der Waals surface area contributed by atoms with Crippen LogP contribution in [0.15, 0.2) is 23.8 Å². The molecule has 0 aromatic carbocycles. The van der Waals surface area contributed by atoms with E-state index in [1.54, 1.807) is 13.8 Å². The molecule has 1 rings (SSSR count). The van der Waals surface area contributed by atoms with Crippen molar-refractivity contribution in [2.24, 2.45) is 11.8 Å². The van der Waals surface area contributed by atoms with E-state index < -0.39 is 36.4 Å². The molecule has 0 amide bonds. The molecule has 0 aliphatic carbocycles. The van der Waals surface area contributed by atoms with Crippen LogP contribution in [-0.4, -0.2) is 70.0 Å². The summed E-state index contributed by atoms with van der Waals surface area (Å²) in [6, 6.07) is 0. The molecule has 1 heterocycles. The first-order chi connectivity index (χ1) is 16.1. The van der Waals surface area contributed by atoms with Crippen molar-refractivity contribution in [2.75, 3.05) is 13.2 Å². The van der Waals surface area contributed by atoms with Gasteiger partial charge in [0.25, 0.3) is 0 Å². The van der Waals surface area contributed by atoms with Crippen molar-refractivity contribution >= 4 is 11.9 Å². The highest BCUT2D eigenvalue weighted by atomic mass is 16.5. The molecule has 8 heteroatoms. The Morgan fingerprint density at radius 2 is 1.71 bits per heavy atom. The Kier molecular flexibility index (Phi) is 15.0. The fourth-order valence-electron chi connectivity index (χ4n) is 3.84. The highest BCUT2D eigenvalue weighted by Crippen LogP contribution is 2.27. The average Bonchev–Trinajstić information content (AvgIpc) is 2.76. The molecule has 0 bridgehead atoms. The lowest BCUT2D eigenvalue weighted by Crippen LogP contribution is -2.50. The maximum absolute atomic E-state index is 12.0. The van der Waals surface area contributed by atoms with Gasteiger partial charge in [-0.1, -0.05) is 50.3 Å². The molecule has 0 saturated carbocycles. The van der Waals surface area contributed by atoms with E-state index in [-0.39, 0.29) is 18.3 Å². The Morgan fingerprint density at radius 1 is 1.06 bits per heavy atom. The number of esters is 1. The minimum absolute atomic E-state index is 0.0160. The molecule has 0 radical (unpaired) electrons. The van der Waals surface area contributed by atoms with Gasteiger partial charge in [0.05, 0.1) is 31.5 Å². The Labute approximate surface area is 203 Å². The molecular formula is C26H44O8. The summed E-state index contributed by atoms with van der Waals surface area (Å²) in [5.74, 6) is -1.40. The first-order valence-corrected chi connectivity index (χ1v) is 12.5. The van der Waals surface area contributed by atoms with Gasteiger partial charge < -0.3 is 29.9 Å². The van der Waals surface area contributed by atoms with Gasteiger partial charge in [-0.25, -0.2) is 4.79 Å². The number of rotatable bonds is 16. The maximum atomic E-state index is 12.0. The van der Waals surface area contributed by atoms with E-state index in [4.69, 9.17) is 14.6 Å². The normalized spacial score (nSPS) is 25.3. The summed E-state index contributed by atoms with van der Waals surface area (Å²) in [5.41, 5.74) is 0.712. The predicted molar refractivity (Wildman–Crippen MR) is 129 cm³/mol. The number of unbranched alkanes of at least 4 members (excludes halogenated alkanes) is 5. The number of allylic oxidation sites excluding steroid dienone is 1. The zero-order chi connectivity index (χ0) is 25.5. The largest absolute Gasteiger partial charge is 0.481 e. The fraction of sp³-hybridized carbons (Fsp3) is 0.769. The highest BCUT2D eigenvalue weighted by molar-refractivity contribution is 5.82. The third-order valence-electron chi connectivity index (χ3n) is 6.29. The van der Waals surface area contributed by atoms with E-state index in [1.807, 2.05) is 19.1 Å². The van der Waals surface area contributed by atoms with Gasteiger partial charge in [0.15, 0.2) is 0 Å². The Balaban J connectivity index is 2.28. The summed E-state index contributed by atoms with van der Waals surface area (Å²) in [4.78, 5) is 22.5. The summed E-state index contributed by atoms with van der Waals surface area (Å²) < 4.78 is 11.0. The first-order valence-electron chi connectivity index (χ1n) is 12.5. The molecule has 196 valence electrons. The molecule has 0 aromatic rings. The molecule has 1 aliphatic heterocycles. The molecule has 0 spiro atoms. The van der Waals surface area contributed by atoms with Gasteiger partial charge in [-0.2, -0.15) is 0 Å². The third-order valence-corrected chi connectivity index (χ3v) is 6.29. The zero-order valence-electron chi connectivity index (χ0n) is 20.9. The van der Waals surface area contributed by atoms with Crippen LogP contribution in [0.3, 0.4) is 0 Å². The van der Waals surface area contributed by atoms with E-state index in [2.05, 4.69) is 0 Å². The zero-order valence-corrected chi connectivity index (χ0v) is 20.9. The van der Waals surface area contributed by atoms with Crippen molar-refractivity contribution < 1.29 is 39.5 Å². The number of carbonyl (C=O) groups excluding carboxylic acids is 1. The van der Waals surface area contributed by atoms with Crippen LogP contribution in [0.25, 0.3) is 0 Å². The number of carbonyl (C=O) groups is 2. The summed E-state index contributed by atoms with van der Waals surface area (Å²) >= 11 is 0. The molecule has 1 saturated heterocycles. The molecule has 1 fully saturated rings. The summed E-state index contributed by atoms with van der Waals surface area (Å²) in [5, 5.41) is 39.1. The monoisotopic (exact) mass is 484 g/mol. The number of carboxylic acid groups (broad SMARTS) is 1. The van der Waals surface area contributed by atoms with Crippen LogP contribution in [0.5, 0.6) is 0 Å². The SMILES string of the molecule is C/C(=C\C(=O)OCCCCCCCCC(=O)O)C[C@H]1OC[C@@H](C/C=C\C(C)[C@H](C)O)[C@@H](O)[C@H]1O. The van der Waals surface area contributed by atoms with Gasteiger partial charge in [0, 0.05) is 18.4 Å². The van der Waals surface area contributed by atoms with Gasteiger partial charge >= 0.3 is 11.9 Å². The first kappa shape index (κ1) is 30.3. The van der Waals surface area contributed by atoms with Crippen molar-refractivity contribution in [2.45, 2.75) is 103 Å². The summed E-state index contributed by atoms with van der Waals surface area (Å²) in [6.07, 6.45) is 8.56. The Morgan fingerprint density at radius 3 is 2.35 bits per heavy atom. The van der Waals surface area contributed by atoms with Gasteiger partial charge in [-0.05, 0) is 45.4 Å². The quantitative estimate of drug-likeness (QED) is 0.113. The van der Waals surface area contributed by atoms with E-state index >= 15 is 0 Å². The number of aliphatic hydroxyl groups excluding tert-OH is 3. The van der Waals surface area contributed by atoms with Crippen molar-refractivity contribution in [3.05, 3.63) is 23.8 Å². The predicted octanol–water partition coefficient (Wildman–Crippen LogP) is 3.38. The molecular weight excluding hydrogens is 440 g/mol. The minimum Gasteiger partial charge on any atom is -0.481 e. The lowest BCUT2D eigenvalue weighted by atomic mass is 9.87.